The molecule has 0 aromatic heterocycles. The molecule has 0 amide bonds. The molecular weight excluding hydrogens is 516 g/mol. The summed E-state index contributed by atoms with van der Waals surface area (Å²) in [5, 5.41) is 0. The standard InChI is InChI=1S/C29H22F8O/c1-2-3-4-5-6-18-7-11-20(12-8-18)27(33)28(34)21-16-23(30)22(24(31)17-21)13-9-19-10-14-26(25(32)15-19)38-29(35,36)37/h7-8,10-12,14-17H,2-6H2,1H3/b28-27+. The summed E-state index contributed by atoms with van der Waals surface area (Å²) in [6.45, 7) is 2.10. The Balaban J connectivity index is 1.79. The van der Waals surface area contributed by atoms with Crippen molar-refractivity contribution in [2.75, 3.05) is 0 Å². The number of hydrogen-bond acceptors (Lipinski definition) is 1. The number of halogens is 8. The molecule has 0 unspecified atom stereocenters. The molecule has 3 rings (SSSR count). The quantitative estimate of drug-likeness (QED) is 0.120. The lowest BCUT2D eigenvalue weighted by Crippen LogP contribution is -2.17. The first-order valence-corrected chi connectivity index (χ1v) is 11.7. The van der Waals surface area contributed by atoms with Crippen LogP contribution in [0.2, 0.25) is 0 Å². The highest BCUT2D eigenvalue weighted by Crippen LogP contribution is 2.31. The van der Waals surface area contributed by atoms with Crippen molar-refractivity contribution < 1.29 is 39.9 Å². The maximum absolute atomic E-state index is 14.7. The van der Waals surface area contributed by atoms with Gasteiger partial charge in [-0.25, -0.2) is 22.0 Å². The minimum atomic E-state index is -5.11. The summed E-state index contributed by atoms with van der Waals surface area (Å²) in [5.74, 6) is -3.58. The summed E-state index contributed by atoms with van der Waals surface area (Å²) >= 11 is 0. The second kappa shape index (κ2) is 12.6. The van der Waals surface area contributed by atoms with Crippen LogP contribution in [0.3, 0.4) is 0 Å². The molecule has 0 N–H and O–H groups in total. The van der Waals surface area contributed by atoms with Gasteiger partial charge in [0.05, 0.1) is 5.56 Å². The first-order chi connectivity index (χ1) is 18.0. The predicted molar refractivity (Wildman–Crippen MR) is 129 cm³/mol. The number of ether oxygens (including phenoxy) is 1. The molecule has 3 aromatic carbocycles. The summed E-state index contributed by atoms with van der Waals surface area (Å²) in [6.07, 6.45) is -0.0572. The van der Waals surface area contributed by atoms with Crippen molar-refractivity contribution in [3.8, 4) is 17.6 Å². The highest BCUT2D eigenvalue weighted by molar-refractivity contribution is 5.83. The number of benzene rings is 3. The van der Waals surface area contributed by atoms with Crippen LogP contribution in [-0.2, 0) is 6.42 Å². The lowest BCUT2D eigenvalue weighted by molar-refractivity contribution is -0.275. The van der Waals surface area contributed by atoms with E-state index in [-0.39, 0.29) is 11.1 Å². The number of unbranched alkanes of at least 4 members (excludes halogenated alkanes) is 3. The molecule has 0 heterocycles. The van der Waals surface area contributed by atoms with Crippen LogP contribution in [0, 0.1) is 29.3 Å². The van der Waals surface area contributed by atoms with E-state index in [1.165, 1.54) is 12.1 Å². The molecule has 0 bridgehead atoms. The summed E-state index contributed by atoms with van der Waals surface area (Å²) < 4.78 is 113. The van der Waals surface area contributed by atoms with Gasteiger partial charge in [-0.1, -0.05) is 62.3 Å². The van der Waals surface area contributed by atoms with Crippen LogP contribution < -0.4 is 4.74 Å². The summed E-state index contributed by atoms with van der Waals surface area (Å²) in [6, 6.07) is 9.43. The fraction of sp³-hybridized carbons (Fsp3) is 0.241. The molecule has 200 valence electrons. The van der Waals surface area contributed by atoms with Crippen LogP contribution in [0.25, 0.3) is 11.7 Å². The van der Waals surface area contributed by atoms with E-state index in [9.17, 15) is 35.1 Å². The van der Waals surface area contributed by atoms with E-state index in [4.69, 9.17) is 0 Å². The van der Waals surface area contributed by atoms with Crippen molar-refractivity contribution in [1.29, 1.82) is 0 Å². The maximum atomic E-state index is 14.7. The molecule has 0 aliphatic rings. The van der Waals surface area contributed by atoms with E-state index >= 15 is 0 Å². The van der Waals surface area contributed by atoms with Crippen molar-refractivity contribution in [3.05, 3.63) is 99.9 Å². The van der Waals surface area contributed by atoms with Gasteiger partial charge in [-0.15, -0.1) is 13.2 Å². The van der Waals surface area contributed by atoms with E-state index in [0.717, 1.165) is 43.7 Å². The van der Waals surface area contributed by atoms with Crippen LogP contribution in [0.4, 0.5) is 35.1 Å². The first kappa shape index (κ1) is 28.8. The van der Waals surface area contributed by atoms with Gasteiger partial charge in [0.25, 0.3) is 0 Å². The van der Waals surface area contributed by atoms with Crippen molar-refractivity contribution >= 4 is 11.7 Å². The Kier molecular flexibility index (Phi) is 9.56. The molecule has 0 spiro atoms. The van der Waals surface area contributed by atoms with E-state index in [1.54, 1.807) is 12.1 Å². The number of rotatable bonds is 8. The minimum absolute atomic E-state index is 0.0931. The van der Waals surface area contributed by atoms with Crippen LogP contribution in [-0.4, -0.2) is 6.36 Å². The molecule has 0 fully saturated rings. The number of hydrogen-bond donors (Lipinski definition) is 0. The zero-order valence-electron chi connectivity index (χ0n) is 20.2. The topological polar surface area (TPSA) is 9.23 Å². The third-order valence-electron chi connectivity index (χ3n) is 5.50. The molecular formula is C29H22F8O. The van der Waals surface area contributed by atoms with E-state index < -0.39 is 52.3 Å². The Hall–Kier alpha value is -3.80. The molecule has 0 saturated carbocycles. The van der Waals surface area contributed by atoms with E-state index in [0.29, 0.717) is 24.3 Å². The van der Waals surface area contributed by atoms with Crippen LogP contribution in [0.5, 0.6) is 5.75 Å². The highest BCUT2D eigenvalue weighted by atomic mass is 19.4. The van der Waals surface area contributed by atoms with Crippen LogP contribution in [0.15, 0.2) is 54.6 Å². The van der Waals surface area contributed by atoms with Gasteiger partial charge in [-0.3, -0.25) is 0 Å². The van der Waals surface area contributed by atoms with E-state index in [1.807, 2.05) is 0 Å². The second-order valence-corrected chi connectivity index (χ2v) is 8.39. The van der Waals surface area contributed by atoms with Gasteiger partial charge in [0.1, 0.15) is 11.6 Å². The first-order valence-electron chi connectivity index (χ1n) is 11.7. The third kappa shape index (κ3) is 7.85. The molecule has 0 aliphatic heterocycles. The summed E-state index contributed by atoms with van der Waals surface area (Å²) in [7, 11) is 0. The lowest BCUT2D eigenvalue weighted by atomic mass is 10.0. The Morgan fingerprint density at radius 2 is 1.37 bits per heavy atom. The van der Waals surface area contributed by atoms with Gasteiger partial charge in [0.15, 0.2) is 23.2 Å². The maximum Gasteiger partial charge on any atom is 0.573 e. The molecule has 0 radical (unpaired) electrons. The number of alkyl halides is 3. The Morgan fingerprint density at radius 1 is 0.737 bits per heavy atom. The highest BCUT2D eigenvalue weighted by Gasteiger charge is 2.32. The fourth-order valence-corrected chi connectivity index (χ4v) is 3.57. The zero-order valence-corrected chi connectivity index (χ0v) is 20.2. The van der Waals surface area contributed by atoms with E-state index in [2.05, 4.69) is 23.5 Å². The van der Waals surface area contributed by atoms with Gasteiger partial charge in [-0.05, 0) is 48.7 Å². The largest absolute Gasteiger partial charge is 0.573 e. The molecule has 3 aromatic rings. The molecule has 38 heavy (non-hydrogen) atoms. The average molecular weight is 538 g/mol. The van der Waals surface area contributed by atoms with Crippen molar-refractivity contribution in [2.45, 2.75) is 45.4 Å². The third-order valence-corrected chi connectivity index (χ3v) is 5.50. The van der Waals surface area contributed by atoms with Gasteiger partial charge in [0.2, 0.25) is 0 Å². The SMILES string of the molecule is CCCCCCc1ccc(/C(F)=C(\F)c2cc(F)c(C#Cc3ccc(OC(F)(F)F)c(F)c3)c(F)c2)cc1. The Bertz CT molecular complexity index is 1340. The van der Waals surface area contributed by atoms with Crippen LogP contribution in [0.1, 0.15) is 60.4 Å². The minimum Gasteiger partial charge on any atom is -0.403 e. The van der Waals surface area contributed by atoms with Crippen molar-refractivity contribution in [2.24, 2.45) is 0 Å². The predicted octanol–water partition coefficient (Wildman–Crippen LogP) is 9.29. The molecule has 1 nitrogen and oxygen atoms in total. The smallest absolute Gasteiger partial charge is 0.403 e. The van der Waals surface area contributed by atoms with Crippen LogP contribution >= 0.6 is 0 Å². The van der Waals surface area contributed by atoms with Crippen molar-refractivity contribution in [3.63, 3.8) is 0 Å². The Labute approximate surface area is 214 Å². The zero-order chi connectivity index (χ0) is 27.9. The van der Waals surface area contributed by atoms with Crippen molar-refractivity contribution in [1.82, 2.24) is 0 Å². The number of aryl methyl sites for hydroxylation is 1. The molecule has 0 aliphatic carbocycles. The lowest BCUT2D eigenvalue weighted by Gasteiger charge is -2.09. The fourth-order valence-electron chi connectivity index (χ4n) is 3.57. The van der Waals surface area contributed by atoms with Gasteiger partial charge in [-0.2, -0.15) is 0 Å². The molecule has 9 heteroatoms. The molecule has 0 atom stereocenters. The van der Waals surface area contributed by atoms with Gasteiger partial charge >= 0.3 is 6.36 Å². The molecule has 0 saturated heterocycles. The summed E-state index contributed by atoms with van der Waals surface area (Å²) in [5.41, 5.74) is -0.840. The second-order valence-electron chi connectivity index (χ2n) is 8.39. The Morgan fingerprint density at radius 3 is 1.95 bits per heavy atom. The van der Waals surface area contributed by atoms with Gasteiger partial charge in [0, 0.05) is 16.7 Å². The monoisotopic (exact) mass is 538 g/mol. The van der Waals surface area contributed by atoms with Gasteiger partial charge < -0.3 is 4.74 Å². The summed E-state index contributed by atoms with van der Waals surface area (Å²) in [4.78, 5) is 0. The normalized spacial score (nSPS) is 12.0. The average Bonchev–Trinajstić information content (AvgIpc) is 2.86.